The highest BCUT2D eigenvalue weighted by atomic mass is 16.5. The van der Waals surface area contributed by atoms with E-state index in [-0.39, 0.29) is 0 Å². The first-order chi connectivity index (χ1) is 7.25. The highest BCUT2D eigenvalue weighted by molar-refractivity contribution is 5.93. The number of nitrogens with zero attached hydrogens (tertiary/aromatic N) is 2. The number of rotatable bonds is 3. The maximum absolute atomic E-state index is 5.54. The summed E-state index contributed by atoms with van der Waals surface area (Å²) in [7, 11) is 0. The van der Waals surface area contributed by atoms with Crippen molar-refractivity contribution >= 4 is 5.90 Å². The Balaban J connectivity index is 2.07. The predicted octanol–water partition coefficient (Wildman–Crippen LogP) is 2.27. The van der Waals surface area contributed by atoms with Crippen molar-refractivity contribution in [3.8, 4) is 0 Å². The van der Waals surface area contributed by atoms with E-state index in [9.17, 15) is 0 Å². The molecule has 1 unspecified atom stereocenters. The van der Waals surface area contributed by atoms with Crippen LogP contribution in [0.5, 0.6) is 0 Å². The first kappa shape index (κ1) is 10.1. The van der Waals surface area contributed by atoms with Crippen LogP contribution in [0.2, 0.25) is 0 Å². The van der Waals surface area contributed by atoms with E-state index in [0.29, 0.717) is 24.5 Å². The van der Waals surface area contributed by atoms with Gasteiger partial charge in [-0.3, -0.25) is 4.98 Å². The molecule has 1 aliphatic rings. The van der Waals surface area contributed by atoms with Crippen LogP contribution in [0, 0.1) is 5.92 Å². The quantitative estimate of drug-likeness (QED) is 0.757. The summed E-state index contributed by atoms with van der Waals surface area (Å²) in [5.74, 6) is 1.35. The minimum atomic E-state index is 0.307. The molecule has 0 fully saturated rings. The Morgan fingerprint density at radius 2 is 2.33 bits per heavy atom. The van der Waals surface area contributed by atoms with Crippen LogP contribution in [0.15, 0.2) is 29.4 Å². The Bertz CT molecular complexity index is 346. The second-order valence-corrected chi connectivity index (χ2v) is 4.24. The zero-order valence-electron chi connectivity index (χ0n) is 9.18. The third kappa shape index (κ3) is 2.55. The lowest BCUT2D eigenvalue weighted by atomic mass is 10.1. The minimum absolute atomic E-state index is 0.307. The molecule has 2 heterocycles. The van der Waals surface area contributed by atoms with Crippen LogP contribution < -0.4 is 0 Å². The molecule has 0 N–H and O–H groups in total. The summed E-state index contributed by atoms with van der Waals surface area (Å²) in [5.41, 5.74) is 0.837. The lowest BCUT2D eigenvalue weighted by Gasteiger charge is -2.06. The number of aliphatic imine (C=N–C) groups is 1. The number of hydrogen-bond acceptors (Lipinski definition) is 3. The van der Waals surface area contributed by atoms with Crippen molar-refractivity contribution in [1.82, 2.24) is 4.98 Å². The van der Waals surface area contributed by atoms with Crippen LogP contribution >= 0.6 is 0 Å². The van der Waals surface area contributed by atoms with E-state index < -0.39 is 0 Å². The zero-order valence-corrected chi connectivity index (χ0v) is 9.18. The minimum Gasteiger partial charge on any atom is -0.474 e. The molecule has 80 valence electrons. The van der Waals surface area contributed by atoms with Gasteiger partial charge in [-0.2, -0.15) is 0 Å². The van der Waals surface area contributed by atoms with Crippen LogP contribution in [0.1, 0.15) is 26.0 Å². The molecule has 0 aromatic carbocycles. The molecule has 0 aliphatic carbocycles. The second kappa shape index (κ2) is 4.43. The molecule has 3 heteroatoms. The van der Waals surface area contributed by atoms with E-state index in [1.165, 1.54) is 0 Å². The van der Waals surface area contributed by atoms with Crippen molar-refractivity contribution in [2.75, 3.05) is 6.61 Å². The van der Waals surface area contributed by atoms with Gasteiger partial charge < -0.3 is 4.74 Å². The summed E-state index contributed by atoms with van der Waals surface area (Å²) < 4.78 is 5.54. The second-order valence-electron chi connectivity index (χ2n) is 4.24. The summed E-state index contributed by atoms with van der Waals surface area (Å²) in [5, 5.41) is 0. The molecule has 1 aromatic rings. The van der Waals surface area contributed by atoms with Crippen LogP contribution in [-0.2, 0) is 4.74 Å². The molecular formula is C12H16N2O. The summed E-state index contributed by atoms with van der Waals surface area (Å²) >= 11 is 0. The van der Waals surface area contributed by atoms with Gasteiger partial charge in [0.15, 0.2) is 0 Å². The highest BCUT2D eigenvalue weighted by Gasteiger charge is 2.21. The maximum Gasteiger partial charge on any atom is 0.235 e. The van der Waals surface area contributed by atoms with E-state index in [0.717, 1.165) is 12.1 Å². The number of hydrogen-bond donors (Lipinski definition) is 0. The van der Waals surface area contributed by atoms with Crippen molar-refractivity contribution < 1.29 is 4.74 Å². The van der Waals surface area contributed by atoms with Crippen LogP contribution in [0.4, 0.5) is 0 Å². The molecule has 0 amide bonds. The summed E-state index contributed by atoms with van der Waals surface area (Å²) in [6.45, 7) is 5.10. The fraction of sp³-hybridized carbons (Fsp3) is 0.500. The lowest BCUT2D eigenvalue weighted by Crippen LogP contribution is -2.09. The van der Waals surface area contributed by atoms with Gasteiger partial charge >= 0.3 is 0 Å². The van der Waals surface area contributed by atoms with Gasteiger partial charge in [0.05, 0.1) is 6.04 Å². The Hall–Kier alpha value is -1.38. The Kier molecular flexibility index (Phi) is 2.99. The monoisotopic (exact) mass is 204 g/mol. The largest absolute Gasteiger partial charge is 0.474 e. The zero-order chi connectivity index (χ0) is 10.7. The molecule has 1 atom stereocenters. The smallest absolute Gasteiger partial charge is 0.235 e. The van der Waals surface area contributed by atoms with Crippen LogP contribution in [0.3, 0.4) is 0 Å². The number of ether oxygens (including phenoxy) is 1. The number of pyridine rings is 1. The molecule has 0 radical (unpaired) electrons. The van der Waals surface area contributed by atoms with E-state index in [2.05, 4.69) is 23.8 Å². The average Bonchev–Trinajstić information content (AvgIpc) is 2.67. The van der Waals surface area contributed by atoms with Crippen molar-refractivity contribution in [1.29, 1.82) is 0 Å². The molecule has 0 saturated heterocycles. The predicted molar refractivity (Wildman–Crippen MR) is 60.0 cm³/mol. The Labute approximate surface area is 90.2 Å². The molecule has 0 spiro atoms. The van der Waals surface area contributed by atoms with Gasteiger partial charge in [0, 0.05) is 6.20 Å². The average molecular weight is 204 g/mol. The highest BCUT2D eigenvalue weighted by Crippen LogP contribution is 2.16. The fourth-order valence-electron chi connectivity index (χ4n) is 1.71. The Morgan fingerprint density at radius 1 is 1.47 bits per heavy atom. The van der Waals surface area contributed by atoms with Gasteiger partial charge in [-0.1, -0.05) is 19.9 Å². The van der Waals surface area contributed by atoms with Crippen LogP contribution in [-0.4, -0.2) is 23.5 Å². The normalized spacial score (nSPS) is 20.2. The lowest BCUT2D eigenvalue weighted by molar-refractivity contribution is 0.301. The summed E-state index contributed by atoms with van der Waals surface area (Å²) in [4.78, 5) is 8.75. The van der Waals surface area contributed by atoms with Crippen molar-refractivity contribution in [2.24, 2.45) is 10.9 Å². The van der Waals surface area contributed by atoms with Crippen molar-refractivity contribution in [2.45, 2.75) is 26.3 Å². The molecule has 3 nitrogen and oxygen atoms in total. The third-order valence-electron chi connectivity index (χ3n) is 2.34. The summed E-state index contributed by atoms with van der Waals surface area (Å²) in [6.07, 6.45) is 2.84. The van der Waals surface area contributed by atoms with Gasteiger partial charge in [0.25, 0.3) is 0 Å². The fourth-order valence-corrected chi connectivity index (χ4v) is 1.71. The number of aromatic nitrogens is 1. The maximum atomic E-state index is 5.54. The van der Waals surface area contributed by atoms with E-state index in [1.807, 2.05) is 18.2 Å². The molecular weight excluding hydrogens is 188 g/mol. The first-order valence-electron chi connectivity index (χ1n) is 5.37. The first-order valence-corrected chi connectivity index (χ1v) is 5.37. The molecule has 0 saturated carbocycles. The summed E-state index contributed by atoms with van der Waals surface area (Å²) in [6, 6.07) is 6.08. The van der Waals surface area contributed by atoms with E-state index in [4.69, 9.17) is 4.74 Å². The molecule has 1 aromatic heterocycles. The van der Waals surface area contributed by atoms with Gasteiger partial charge in [0.2, 0.25) is 5.90 Å². The molecule has 15 heavy (non-hydrogen) atoms. The van der Waals surface area contributed by atoms with Crippen LogP contribution in [0.25, 0.3) is 0 Å². The van der Waals surface area contributed by atoms with Gasteiger partial charge in [-0.15, -0.1) is 0 Å². The topological polar surface area (TPSA) is 34.5 Å². The molecule has 2 rings (SSSR count). The SMILES string of the molecule is CC(C)CC1COC(c2ccccn2)=N1. The third-order valence-corrected chi connectivity index (χ3v) is 2.34. The van der Waals surface area contributed by atoms with Gasteiger partial charge in [-0.25, -0.2) is 4.99 Å². The molecule has 0 bridgehead atoms. The van der Waals surface area contributed by atoms with Gasteiger partial charge in [-0.05, 0) is 24.5 Å². The van der Waals surface area contributed by atoms with E-state index >= 15 is 0 Å². The molecule has 1 aliphatic heterocycles. The van der Waals surface area contributed by atoms with Crippen molar-refractivity contribution in [3.63, 3.8) is 0 Å². The standard InChI is InChI=1S/C12H16N2O/c1-9(2)7-10-8-15-12(14-10)11-5-3-4-6-13-11/h3-6,9-10H,7-8H2,1-2H3. The van der Waals surface area contributed by atoms with Gasteiger partial charge in [0.1, 0.15) is 12.3 Å². The Morgan fingerprint density at radius 3 is 3.00 bits per heavy atom. The van der Waals surface area contributed by atoms with E-state index in [1.54, 1.807) is 6.20 Å². The van der Waals surface area contributed by atoms with Crippen molar-refractivity contribution in [3.05, 3.63) is 30.1 Å².